The predicted molar refractivity (Wildman–Crippen MR) is 144 cm³/mol. The second-order valence-electron chi connectivity index (χ2n) is 8.01. The third kappa shape index (κ3) is 9.14. The van der Waals surface area contributed by atoms with Crippen molar-refractivity contribution in [3.05, 3.63) is 65.7 Å². The summed E-state index contributed by atoms with van der Waals surface area (Å²) in [6.07, 6.45) is 9.97. The Bertz CT molecular complexity index is 806. The van der Waals surface area contributed by atoms with Gasteiger partial charge >= 0.3 is 0 Å². The molecule has 3 nitrogen and oxygen atoms in total. The molecule has 0 aliphatic heterocycles. The van der Waals surface area contributed by atoms with Gasteiger partial charge in [-0.1, -0.05) is 89.1 Å². The zero-order valence-corrected chi connectivity index (χ0v) is 20.9. The van der Waals surface area contributed by atoms with Gasteiger partial charge in [-0.05, 0) is 55.9 Å². The van der Waals surface area contributed by atoms with Gasteiger partial charge in [-0.2, -0.15) is 0 Å². The van der Waals surface area contributed by atoms with Crippen molar-refractivity contribution in [2.45, 2.75) is 72.6 Å². The Morgan fingerprint density at radius 2 is 1.48 bits per heavy atom. The molecule has 0 saturated carbocycles. The molecular formula is C27H41N3S. The molecule has 31 heavy (non-hydrogen) atoms. The second-order valence-corrected chi connectivity index (χ2v) is 8.40. The average Bonchev–Trinajstić information content (AvgIpc) is 2.75. The van der Waals surface area contributed by atoms with Crippen molar-refractivity contribution in [1.29, 1.82) is 0 Å². The van der Waals surface area contributed by atoms with Crippen LogP contribution in [-0.4, -0.2) is 12.2 Å². The molecule has 0 saturated heterocycles. The lowest BCUT2D eigenvalue weighted by molar-refractivity contribution is 0.602. The number of nitrogen functional groups attached to an aromatic ring is 1. The van der Waals surface area contributed by atoms with Gasteiger partial charge in [0.15, 0.2) is 5.11 Å². The van der Waals surface area contributed by atoms with Crippen molar-refractivity contribution in [3.63, 3.8) is 0 Å². The number of nitrogens with one attached hydrogen (secondary N) is 1. The zero-order chi connectivity index (χ0) is 23.2. The third-order valence-corrected chi connectivity index (χ3v) is 5.63. The van der Waals surface area contributed by atoms with E-state index in [1.807, 2.05) is 49.2 Å². The molecule has 4 heteroatoms. The second kappa shape index (κ2) is 14.6. The van der Waals surface area contributed by atoms with E-state index < -0.39 is 0 Å². The van der Waals surface area contributed by atoms with Crippen LogP contribution in [0.3, 0.4) is 0 Å². The van der Waals surface area contributed by atoms with Gasteiger partial charge in [0.25, 0.3) is 0 Å². The highest BCUT2D eigenvalue weighted by Crippen LogP contribution is 2.28. The Labute approximate surface area is 195 Å². The number of anilines is 2. The number of unbranched alkanes of at least 4 members (excludes halogenated alkanes) is 6. The summed E-state index contributed by atoms with van der Waals surface area (Å²) in [7, 11) is 1.81. The summed E-state index contributed by atoms with van der Waals surface area (Å²) in [5.74, 6) is 0. The van der Waals surface area contributed by atoms with Crippen LogP contribution in [0, 0.1) is 13.8 Å². The maximum Gasteiger partial charge on any atom is 0.177 e. The minimum Gasteiger partial charge on any atom is -0.399 e. The van der Waals surface area contributed by atoms with Crippen molar-refractivity contribution in [2.24, 2.45) is 0 Å². The van der Waals surface area contributed by atoms with E-state index in [1.54, 1.807) is 0 Å². The predicted octanol–water partition coefficient (Wildman–Crippen LogP) is 7.62. The van der Waals surface area contributed by atoms with Gasteiger partial charge in [0, 0.05) is 29.7 Å². The molecule has 0 aromatic heterocycles. The Balaban J connectivity index is 0.000000452. The highest BCUT2D eigenvalue weighted by atomic mass is 32.1. The molecule has 0 fully saturated rings. The maximum atomic E-state index is 5.84. The first-order chi connectivity index (χ1) is 14.8. The quantitative estimate of drug-likeness (QED) is 0.239. The fourth-order valence-electron chi connectivity index (χ4n) is 3.36. The summed E-state index contributed by atoms with van der Waals surface area (Å²) in [5, 5.41) is 3.63. The van der Waals surface area contributed by atoms with E-state index in [0.29, 0.717) is 5.11 Å². The van der Waals surface area contributed by atoms with Gasteiger partial charge in [-0.25, -0.2) is 0 Å². The molecule has 2 rings (SSSR count). The first-order valence-electron chi connectivity index (χ1n) is 11.5. The van der Waals surface area contributed by atoms with Crippen LogP contribution in [0.25, 0.3) is 5.70 Å². The lowest BCUT2D eigenvalue weighted by Crippen LogP contribution is -2.36. The van der Waals surface area contributed by atoms with Gasteiger partial charge in [-0.3, -0.25) is 4.90 Å². The molecule has 0 heterocycles. The van der Waals surface area contributed by atoms with Crippen LogP contribution >= 0.6 is 12.2 Å². The molecule has 0 aliphatic carbocycles. The van der Waals surface area contributed by atoms with Crippen LogP contribution in [-0.2, 0) is 0 Å². The third-order valence-electron chi connectivity index (χ3n) is 5.25. The highest BCUT2D eigenvalue weighted by molar-refractivity contribution is 7.80. The molecule has 0 bridgehead atoms. The van der Waals surface area contributed by atoms with E-state index in [-0.39, 0.29) is 0 Å². The molecule has 0 radical (unpaired) electrons. The lowest BCUT2D eigenvalue weighted by atomic mass is 10.0. The smallest absolute Gasteiger partial charge is 0.177 e. The highest BCUT2D eigenvalue weighted by Gasteiger charge is 2.17. The number of hydrogen-bond acceptors (Lipinski definition) is 2. The minimum atomic E-state index is 0.602. The van der Waals surface area contributed by atoms with E-state index in [1.165, 1.54) is 50.5 Å². The number of nitrogens with two attached hydrogens (primary N) is 1. The molecule has 0 unspecified atom stereocenters. The first-order valence-corrected chi connectivity index (χ1v) is 11.9. The molecule has 0 atom stereocenters. The van der Waals surface area contributed by atoms with E-state index in [4.69, 9.17) is 18.0 Å². The van der Waals surface area contributed by atoms with Crippen molar-refractivity contribution in [1.82, 2.24) is 5.32 Å². The van der Waals surface area contributed by atoms with Crippen molar-refractivity contribution in [2.75, 3.05) is 17.7 Å². The molecular weight excluding hydrogens is 398 g/mol. The largest absolute Gasteiger partial charge is 0.399 e. The van der Waals surface area contributed by atoms with Crippen LogP contribution in [0.1, 0.15) is 75.5 Å². The van der Waals surface area contributed by atoms with Gasteiger partial charge < -0.3 is 11.1 Å². The van der Waals surface area contributed by atoms with E-state index in [0.717, 1.165) is 28.2 Å². The van der Waals surface area contributed by atoms with Gasteiger partial charge in [0.1, 0.15) is 0 Å². The number of hydrogen-bond donors (Lipinski definition) is 2. The molecule has 0 aliphatic rings. The van der Waals surface area contributed by atoms with E-state index in [9.17, 15) is 0 Å². The lowest BCUT2D eigenvalue weighted by Gasteiger charge is -2.28. The molecule has 3 N–H and O–H groups in total. The van der Waals surface area contributed by atoms with Crippen molar-refractivity contribution in [3.8, 4) is 0 Å². The summed E-state index contributed by atoms with van der Waals surface area (Å²) in [4.78, 5) is 1.94. The van der Waals surface area contributed by atoms with Crippen LogP contribution in [0.2, 0.25) is 0 Å². The standard InChI is InChI=1S/C18H21N3S.C9H20/c1-12-5-8-16(9-6-12)21(18(22)20-4)14(3)17-10-7-15(19)11-13(17)2;1-3-5-7-9-8-6-4-2/h5-11H,3,19H2,1-2,4H3,(H,20,22);3-9H2,1-2H3. The van der Waals surface area contributed by atoms with Crippen LogP contribution in [0.5, 0.6) is 0 Å². The first kappa shape index (κ1) is 26.7. The van der Waals surface area contributed by atoms with E-state index in [2.05, 4.69) is 44.8 Å². The Kier molecular flexibility index (Phi) is 12.6. The minimum absolute atomic E-state index is 0.602. The Morgan fingerprint density at radius 1 is 0.935 bits per heavy atom. The van der Waals surface area contributed by atoms with Gasteiger partial charge in [0.05, 0.1) is 0 Å². The molecule has 2 aromatic rings. The summed E-state index contributed by atoms with van der Waals surface area (Å²) in [6.45, 7) is 12.8. The normalized spacial score (nSPS) is 10.1. The van der Waals surface area contributed by atoms with Gasteiger partial charge in [-0.15, -0.1) is 0 Å². The van der Waals surface area contributed by atoms with Crippen molar-refractivity contribution >= 4 is 34.4 Å². The van der Waals surface area contributed by atoms with Crippen LogP contribution in [0.4, 0.5) is 11.4 Å². The number of thiocarbonyl (C=S) groups is 1. The molecule has 2 aromatic carbocycles. The molecule has 0 amide bonds. The topological polar surface area (TPSA) is 41.3 Å². The SMILES string of the molecule is C=C(c1ccc(N)cc1C)N(C(=S)NC)c1ccc(C)cc1.CCCCCCCCC. The maximum absolute atomic E-state index is 5.84. The summed E-state index contributed by atoms with van der Waals surface area (Å²) < 4.78 is 0. The average molecular weight is 440 g/mol. The summed E-state index contributed by atoms with van der Waals surface area (Å²) in [6, 6.07) is 14.0. The Hall–Kier alpha value is -2.33. The summed E-state index contributed by atoms with van der Waals surface area (Å²) in [5.41, 5.74) is 11.7. The van der Waals surface area contributed by atoms with E-state index >= 15 is 0 Å². The fourth-order valence-corrected chi connectivity index (χ4v) is 3.58. The fraction of sp³-hybridized carbons (Fsp3) is 0.444. The zero-order valence-electron chi connectivity index (χ0n) is 20.1. The van der Waals surface area contributed by atoms with Crippen LogP contribution in [0.15, 0.2) is 49.0 Å². The van der Waals surface area contributed by atoms with Crippen molar-refractivity contribution < 1.29 is 0 Å². The summed E-state index contributed by atoms with van der Waals surface area (Å²) >= 11 is 5.47. The van der Waals surface area contributed by atoms with Gasteiger partial charge in [0.2, 0.25) is 0 Å². The number of benzene rings is 2. The number of aryl methyl sites for hydroxylation is 2. The monoisotopic (exact) mass is 439 g/mol. The number of rotatable bonds is 9. The Morgan fingerprint density at radius 3 is 1.97 bits per heavy atom. The number of nitrogens with zero attached hydrogens (tertiary/aromatic N) is 1. The molecule has 0 spiro atoms. The molecule has 170 valence electrons. The van der Waals surface area contributed by atoms with Crippen LogP contribution < -0.4 is 16.0 Å².